The zero-order chi connectivity index (χ0) is 9.42. The van der Waals surface area contributed by atoms with Gasteiger partial charge in [0.1, 0.15) is 0 Å². The molecule has 1 aromatic heterocycles. The maximum absolute atomic E-state index is 10.9. The van der Waals surface area contributed by atoms with Crippen molar-refractivity contribution in [3.05, 3.63) is 11.4 Å². The molecule has 0 bridgehead atoms. The van der Waals surface area contributed by atoms with Crippen LogP contribution in [-0.4, -0.2) is 27.2 Å². The molecule has 0 fully saturated rings. The minimum Gasteiger partial charge on any atom is -0.477 e. The molecule has 0 amide bonds. The summed E-state index contributed by atoms with van der Waals surface area (Å²) in [5.74, 6) is -0.221. The van der Waals surface area contributed by atoms with E-state index in [0.29, 0.717) is 17.3 Å². The maximum atomic E-state index is 10.9. The number of hydrogen-bond donors (Lipinski definition) is 2. The Morgan fingerprint density at radius 3 is 3.15 bits per heavy atom. The van der Waals surface area contributed by atoms with Crippen molar-refractivity contribution in [3.63, 3.8) is 0 Å². The van der Waals surface area contributed by atoms with Crippen molar-refractivity contribution in [2.24, 2.45) is 0 Å². The van der Waals surface area contributed by atoms with Gasteiger partial charge in [-0.3, -0.25) is 0 Å². The summed E-state index contributed by atoms with van der Waals surface area (Å²) in [5.41, 5.74) is 0.888. The van der Waals surface area contributed by atoms with Crippen LogP contribution in [-0.2, 0) is 6.54 Å². The highest BCUT2D eigenvalue weighted by atomic mass is 16.4. The van der Waals surface area contributed by atoms with E-state index in [0.717, 1.165) is 19.5 Å². The number of fused-ring (bicyclic) bond motifs is 1. The summed E-state index contributed by atoms with van der Waals surface area (Å²) in [4.78, 5) is 15.0. The summed E-state index contributed by atoms with van der Waals surface area (Å²) < 4.78 is 1.72. The van der Waals surface area contributed by atoms with Crippen molar-refractivity contribution < 1.29 is 9.90 Å². The molecule has 0 saturated carbocycles. The van der Waals surface area contributed by atoms with Crippen LogP contribution in [0, 0.1) is 6.92 Å². The molecule has 1 aromatic rings. The Hall–Kier alpha value is -1.52. The van der Waals surface area contributed by atoms with Gasteiger partial charge in [0.25, 0.3) is 0 Å². The van der Waals surface area contributed by atoms with E-state index in [9.17, 15) is 4.79 Å². The van der Waals surface area contributed by atoms with Crippen LogP contribution in [0.15, 0.2) is 0 Å². The van der Waals surface area contributed by atoms with Gasteiger partial charge in [-0.25, -0.2) is 9.78 Å². The lowest BCUT2D eigenvalue weighted by Gasteiger charge is -2.16. The van der Waals surface area contributed by atoms with Crippen molar-refractivity contribution in [1.29, 1.82) is 0 Å². The largest absolute Gasteiger partial charge is 0.477 e. The second-order valence-corrected chi connectivity index (χ2v) is 3.11. The normalized spacial score (nSPS) is 14.8. The highest BCUT2D eigenvalue weighted by Gasteiger charge is 2.21. The van der Waals surface area contributed by atoms with Crippen LogP contribution in [0.5, 0.6) is 0 Å². The Kier molecular flexibility index (Phi) is 1.72. The van der Waals surface area contributed by atoms with Crippen LogP contribution in [0.2, 0.25) is 0 Å². The molecule has 2 N–H and O–H groups in total. The lowest BCUT2D eigenvalue weighted by Crippen LogP contribution is -2.20. The van der Waals surface area contributed by atoms with Gasteiger partial charge in [0.15, 0.2) is 5.69 Å². The molecule has 0 saturated heterocycles. The highest BCUT2D eigenvalue weighted by Crippen LogP contribution is 2.19. The summed E-state index contributed by atoms with van der Waals surface area (Å²) in [7, 11) is 0. The number of rotatable bonds is 1. The number of imidazole rings is 1. The third-order valence-corrected chi connectivity index (χ3v) is 2.19. The molecule has 0 radical (unpaired) electrons. The average molecular weight is 181 g/mol. The molecule has 1 aliphatic heterocycles. The Labute approximate surface area is 75.4 Å². The van der Waals surface area contributed by atoms with E-state index in [1.807, 2.05) is 0 Å². The first-order valence-corrected chi connectivity index (χ1v) is 4.24. The number of nitrogens with zero attached hydrogens (tertiary/aromatic N) is 2. The fourth-order valence-corrected chi connectivity index (χ4v) is 1.63. The molecule has 1 aliphatic rings. The van der Waals surface area contributed by atoms with Gasteiger partial charge in [0.05, 0.1) is 5.69 Å². The quantitative estimate of drug-likeness (QED) is 0.669. The minimum absolute atomic E-state index is 0.308. The lowest BCUT2D eigenvalue weighted by molar-refractivity contribution is 0.0684. The standard InChI is InChI=1S/C8H11N3O2/c1-5-6(7(12)13)11-4-2-3-9-8(11)10-5/h2-4H2,1H3,(H,9,10)(H,12,13). The number of aromatic carboxylic acids is 1. The van der Waals surface area contributed by atoms with E-state index in [4.69, 9.17) is 5.11 Å². The molecule has 5 heteroatoms. The second kappa shape index (κ2) is 2.76. The monoisotopic (exact) mass is 181 g/mol. The number of carboxylic acid groups (broad SMARTS) is 1. The summed E-state index contributed by atoms with van der Waals surface area (Å²) in [6, 6.07) is 0. The highest BCUT2D eigenvalue weighted by molar-refractivity contribution is 5.87. The Balaban J connectivity index is 2.54. The van der Waals surface area contributed by atoms with Crippen LogP contribution >= 0.6 is 0 Å². The molecule has 0 aromatic carbocycles. The van der Waals surface area contributed by atoms with E-state index in [-0.39, 0.29) is 0 Å². The minimum atomic E-state index is -0.903. The molecule has 2 heterocycles. The zero-order valence-corrected chi connectivity index (χ0v) is 7.37. The number of carboxylic acids is 1. The average Bonchev–Trinajstić information content (AvgIpc) is 2.39. The van der Waals surface area contributed by atoms with E-state index >= 15 is 0 Å². The molecule has 5 nitrogen and oxygen atoms in total. The van der Waals surface area contributed by atoms with Gasteiger partial charge in [-0.05, 0) is 13.3 Å². The number of aryl methyl sites for hydroxylation is 1. The molecule has 0 spiro atoms. The molecular weight excluding hydrogens is 170 g/mol. The molecule has 0 aliphatic carbocycles. The number of carbonyl (C=O) groups is 1. The van der Waals surface area contributed by atoms with E-state index in [2.05, 4.69) is 10.3 Å². The van der Waals surface area contributed by atoms with Crippen LogP contribution in [0.3, 0.4) is 0 Å². The van der Waals surface area contributed by atoms with Crippen LogP contribution in [0.25, 0.3) is 0 Å². The fourth-order valence-electron chi connectivity index (χ4n) is 1.63. The van der Waals surface area contributed by atoms with Gasteiger partial charge in [-0.15, -0.1) is 0 Å². The predicted octanol–water partition coefficient (Wildman–Crippen LogP) is 0.705. The van der Waals surface area contributed by atoms with E-state index in [1.165, 1.54) is 0 Å². The third kappa shape index (κ3) is 1.16. The van der Waals surface area contributed by atoms with E-state index in [1.54, 1.807) is 11.5 Å². The molecule has 2 rings (SSSR count). The van der Waals surface area contributed by atoms with Gasteiger partial charge >= 0.3 is 5.97 Å². The third-order valence-electron chi connectivity index (χ3n) is 2.19. The van der Waals surface area contributed by atoms with Crippen molar-refractivity contribution >= 4 is 11.9 Å². The SMILES string of the molecule is Cc1nc2n(c1C(=O)O)CCCN2. The maximum Gasteiger partial charge on any atom is 0.354 e. The summed E-state index contributed by atoms with van der Waals surface area (Å²) in [6.45, 7) is 3.33. The topological polar surface area (TPSA) is 67.2 Å². The van der Waals surface area contributed by atoms with Gasteiger partial charge in [-0.1, -0.05) is 0 Å². The predicted molar refractivity (Wildman–Crippen MR) is 47.0 cm³/mol. The Morgan fingerprint density at radius 2 is 2.46 bits per heavy atom. The first-order chi connectivity index (χ1) is 6.20. The molecule has 0 atom stereocenters. The first kappa shape index (κ1) is 8.10. The number of anilines is 1. The lowest BCUT2D eigenvalue weighted by atomic mass is 10.3. The number of hydrogen-bond acceptors (Lipinski definition) is 3. The van der Waals surface area contributed by atoms with Crippen molar-refractivity contribution in [3.8, 4) is 0 Å². The summed E-state index contributed by atoms with van der Waals surface area (Å²) in [6.07, 6.45) is 0.948. The molecule has 0 unspecified atom stereocenters. The van der Waals surface area contributed by atoms with Gasteiger partial charge in [-0.2, -0.15) is 0 Å². The molecule has 70 valence electrons. The van der Waals surface area contributed by atoms with Gasteiger partial charge in [0.2, 0.25) is 5.95 Å². The van der Waals surface area contributed by atoms with Gasteiger partial charge < -0.3 is 15.0 Å². The van der Waals surface area contributed by atoms with Crippen molar-refractivity contribution in [2.75, 3.05) is 11.9 Å². The summed E-state index contributed by atoms with van der Waals surface area (Å²) in [5, 5.41) is 12.0. The zero-order valence-electron chi connectivity index (χ0n) is 7.37. The smallest absolute Gasteiger partial charge is 0.354 e. The second-order valence-electron chi connectivity index (χ2n) is 3.11. The molecular formula is C8H11N3O2. The van der Waals surface area contributed by atoms with Crippen LogP contribution in [0.1, 0.15) is 22.6 Å². The van der Waals surface area contributed by atoms with Crippen molar-refractivity contribution in [1.82, 2.24) is 9.55 Å². The number of nitrogens with one attached hydrogen (secondary N) is 1. The fraction of sp³-hybridized carbons (Fsp3) is 0.500. The number of aromatic nitrogens is 2. The van der Waals surface area contributed by atoms with Gasteiger partial charge in [0, 0.05) is 13.1 Å². The molecule has 13 heavy (non-hydrogen) atoms. The Morgan fingerprint density at radius 1 is 1.69 bits per heavy atom. The Bertz CT molecular complexity index is 357. The van der Waals surface area contributed by atoms with Crippen molar-refractivity contribution in [2.45, 2.75) is 19.9 Å². The summed E-state index contributed by atoms with van der Waals surface area (Å²) >= 11 is 0. The van der Waals surface area contributed by atoms with Crippen LogP contribution in [0.4, 0.5) is 5.95 Å². The van der Waals surface area contributed by atoms with Crippen LogP contribution < -0.4 is 5.32 Å². The first-order valence-electron chi connectivity index (χ1n) is 4.24. The van der Waals surface area contributed by atoms with E-state index < -0.39 is 5.97 Å².